The van der Waals surface area contributed by atoms with Crippen LogP contribution in [0.3, 0.4) is 0 Å². The zero-order chi connectivity index (χ0) is 24.2. The molecule has 2 atom stereocenters. The summed E-state index contributed by atoms with van der Waals surface area (Å²) in [5.41, 5.74) is 1.86. The molecule has 10 heteroatoms. The number of anilines is 1. The van der Waals surface area contributed by atoms with Gasteiger partial charge in [-0.3, -0.25) is 9.69 Å². The van der Waals surface area contributed by atoms with Crippen molar-refractivity contribution in [2.45, 2.75) is 51.3 Å². The fourth-order valence-corrected chi connectivity index (χ4v) is 5.40. The molecule has 4 heterocycles. The van der Waals surface area contributed by atoms with E-state index in [1.807, 2.05) is 37.1 Å². The molecule has 0 N–H and O–H groups in total. The maximum absolute atomic E-state index is 12.8. The van der Waals surface area contributed by atoms with Crippen molar-refractivity contribution in [1.29, 1.82) is 0 Å². The molecule has 3 aromatic rings. The molecular formula is C24H29N5O4S. The molecule has 2 saturated heterocycles. The Hall–Kier alpha value is -3.14. The molecule has 34 heavy (non-hydrogen) atoms. The molecule has 2 unspecified atom stereocenters. The number of carbonyl (C=O) groups excluding carboxylic acids is 2. The summed E-state index contributed by atoms with van der Waals surface area (Å²) < 4.78 is 12.0. The van der Waals surface area contributed by atoms with E-state index in [4.69, 9.17) is 14.1 Å². The number of thiazole rings is 1. The van der Waals surface area contributed by atoms with Gasteiger partial charge in [-0.25, -0.2) is 9.78 Å². The number of piperazine rings is 1. The first kappa shape index (κ1) is 22.6. The number of nitrogens with zero attached hydrogens (tertiary/aromatic N) is 5. The molecule has 2 fully saturated rings. The SMILES string of the molecule is CN(C)C(=O)c1ccc(-c2nccs2)c2oc(N3CC4CCC(C3)N4C(=O)OC(C)(C)C)nc12. The van der Waals surface area contributed by atoms with Crippen LogP contribution in [0.2, 0.25) is 0 Å². The highest BCUT2D eigenvalue weighted by atomic mass is 32.1. The van der Waals surface area contributed by atoms with Crippen LogP contribution in [0.25, 0.3) is 21.7 Å². The van der Waals surface area contributed by atoms with Gasteiger partial charge in [0.25, 0.3) is 11.9 Å². The molecule has 2 aromatic heterocycles. The predicted molar refractivity (Wildman–Crippen MR) is 130 cm³/mol. The van der Waals surface area contributed by atoms with Crippen molar-refractivity contribution in [3.63, 3.8) is 0 Å². The minimum Gasteiger partial charge on any atom is -0.444 e. The van der Waals surface area contributed by atoms with Gasteiger partial charge in [-0.15, -0.1) is 11.3 Å². The zero-order valence-electron chi connectivity index (χ0n) is 20.1. The van der Waals surface area contributed by atoms with Gasteiger partial charge in [0.2, 0.25) is 0 Å². The summed E-state index contributed by atoms with van der Waals surface area (Å²) in [5.74, 6) is -0.134. The standard InChI is InChI=1S/C24H29N5O4S/c1-24(2,3)33-23(31)29-14-6-7-15(29)13-28(12-14)22-26-18-16(21(30)27(4)5)8-9-17(19(18)32-22)20-25-10-11-34-20/h8-11,14-15H,6-7,12-13H2,1-5H3. The largest absolute Gasteiger partial charge is 0.444 e. The van der Waals surface area contributed by atoms with Gasteiger partial charge in [0.05, 0.1) is 23.2 Å². The van der Waals surface area contributed by atoms with Gasteiger partial charge in [-0.1, -0.05) is 0 Å². The number of carbonyl (C=O) groups is 2. The van der Waals surface area contributed by atoms with Crippen LogP contribution in [-0.2, 0) is 4.74 Å². The van der Waals surface area contributed by atoms with E-state index in [0.29, 0.717) is 35.8 Å². The number of fused-ring (bicyclic) bond motifs is 3. The zero-order valence-corrected chi connectivity index (χ0v) is 20.9. The third-order valence-electron chi connectivity index (χ3n) is 6.19. The van der Waals surface area contributed by atoms with Gasteiger partial charge in [0, 0.05) is 38.8 Å². The number of hydrogen-bond acceptors (Lipinski definition) is 8. The fourth-order valence-electron chi connectivity index (χ4n) is 4.74. The number of aromatic nitrogens is 2. The van der Waals surface area contributed by atoms with Crippen molar-refractivity contribution in [2.24, 2.45) is 0 Å². The average molecular weight is 484 g/mol. The molecule has 5 rings (SSSR count). The van der Waals surface area contributed by atoms with Crippen molar-refractivity contribution < 1.29 is 18.7 Å². The first-order valence-corrected chi connectivity index (χ1v) is 12.3. The van der Waals surface area contributed by atoms with Gasteiger partial charge in [-0.2, -0.15) is 4.98 Å². The Morgan fingerprint density at radius 2 is 1.88 bits per heavy atom. The molecule has 2 bridgehead atoms. The van der Waals surface area contributed by atoms with Crippen LogP contribution in [0.4, 0.5) is 10.8 Å². The highest BCUT2D eigenvalue weighted by Crippen LogP contribution is 2.38. The molecule has 0 spiro atoms. The van der Waals surface area contributed by atoms with Crippen molar-refractivity contribution in [2.75, 3.05) is 32.1 Å². The van der Waals surface area contributed by atoms with E-state index in [9.17, 15) is 9.59 Å². The minimum absolute atomic E-state index is 0.0323. The minimum atomic E-state index is -0.532. The van der Waals surface area contributed by atoms with E-state index < -0.39 is 5.60 Å². The van der Waals surface area contributed by atoms with Crippen molar-refractivity contribution in [3.8, 4) is 10.6 Å². The lowest BCUT2D eigenvalue weighted by Crippen LogP contribution is -2.56. The highest BCUT2D eigenvalue weighted by Gasteiger charge is 2.45. The van der Waals surface area contributed by atoms with Gasteiger partial charge < -0.3 is 19.0 Å². The molecule has 0 saturated carbocycles. The smallest absolute Gasteiger partial charge is 0.410 e. The second kappa shape index (κ2) is 8.26. The summed E-state index contributed by atoms with van der Waals surface area (Å²) in [7, 11) is 3.44. The Bertz CT molecular complexity index is 1220. The first-order chi connectivity index (χ1) is 16.1. The van der Waals surface area contributed by atoms with E-state index in [-0.39, 0.29) is 24.1 Å². The van der Waals surface area contributed by atoms with Crippen molar-refractivity contribution in [3.05, 3.63) is 29.3 Å². The van der Waals surface area contributed by atoms with Crippen LogP contribution in [0, 0.1) is 0 Å². The maximum Gasteiger partial charge on any atom is 0.410 e. The predicted octanol–water partition coefficient (Wildman–Crippen LogP) is 4.24. The summed E-state index contributed by atoms with van der Waals surface area (Å²) in [6.07, 6.45) is 3.31. The second-order valence-electron chi connectivity index (χ2n) is 10.0. The highest BCUT2D eigenvalue weighted by molar-refractivity contribution is 7.13. The molecule has 0 radical (unpaired) electrons. The number of hydrogen-bond donors (Lipinski definition) is 0. The molecule has 2 amide bonds. The molecule has 180 valence electrons. The lowest BCUT2D eigenvalue weighted by molar-refractivity contribution is 0.0120. The van der Waals surface area contributed by atoms with Crippen LogP contribution >= 0.6 is 11.3 Å². The molecule has 2 aliphatic rings. The summed E-state index contributed by atoms with van der Waals surface area (Å²) in [6.45, 7) is 6.86. The van der Waals surface area contributed by atoms with Crippen LogP contribution in [0.5, 0.6) is 0 Å². The normalized spacial score (nSPS) is 20.1. The van der Waals surface area contributed by atoms with Crippen LogP contribution in [0.1, 0.15) is 44.0 Å². The summed E-state index contributed by atoms with van der Waals surface area (Å²) in [5, 5.41) is 2.72. The third kappa shape index (κ3) is 4.00. The molecule has 2 aliphatic heterocycles. The van der Waals surface area contributed by atoms with E-state index in [0.717, 1.165) is 23.4 Å². The van der Waals surface area contributed by atoms with Crippen LogP contribution in [0.15, 0.2) is 28.1 Å². The Labute approximate surface area is 202 Å². The van der Waals surface area contributed by atoms with Gasteiger partial charge in [0.15, 0.2) is 5.58 Å². The van der Waals surface area contributed by atoms with E-state index >= 15 is 0 Å². The number of ether oxygens (including phenoxy) is 1. The Morgan fingerprint density at radius 3 is 2.47 bits per heavy atom. The maximum atomic E-state index is 12.8. The number of oxazole rings is 1. The lowest BCUT2D eigenvalue weighted by atomic mass is 10.1. The van der Waals surface area contributed by atoms with Crippen molar-refractivity contribution in [1.82, 2.24) is 19.8 Å². The topological polar surface area (TPSA) is 92.0 Å². The molecule has 9 nitrogen and oxygen atoms in total. The lowest BCUT2D eigenvalue weighted by Gasteiger charge is -2.40. The van der Waals surface area contributed by atoms with Crippen LogP contribution in [-0.4, -0.2) is 76.6 Å². The summed E-state index contributed by atoms with van der Waals surface area (Å²) >= 11 is 1.51. The molecular weight excluding hydrogens is 454 g/mol. The van der Waals surface area contributed by atoms with Gasteiger partial charge in [0.1, 0.15) is 16.1 Å². The quantitative estimate of drug-likeness (QED) is 0.550. The van der Waals surface area contributed by atoms with E-state index in [1.165, 1.54) is 16.2 Å². The van der Waals surface area contributed by atoms with Gasteiger partial charge >= 0.3 is 6.09 Å². The van der Waals surface area contributed by atoms with E-state index in [2.05, 4.69) is 9.88 Å². The van der Waals surface area contributed by atoms with Gasteiger partial charge in [-0.05, 0) is 45.7 Å². The number of rotatable bonds is 3. The average Bonchev–Trinajstić information content (AvgIpc) is 3.49. The van der Waals surface area contributed by atoms with Crippen molar-refractivity contribution >= 4 is 40.5 Å². The second-order valence-corrected chi connectivity index (χ2v) is 10.9. The third-order valence-corrected chi connectivity index (χ3v) is 6.99. The number of amides is 2. The number of benzene rings is 1. The monoisotopic (exact) mass is 483 g/mol. The molecule has 1 aromatic carbocycles. The Balaban J connectivity index is 1.49. The van der Waals surface area contributed by atoms with Crippen LogP contribution < -0.4 is 4.90 Å². The summed E-state index contributed by atoms with van der Waals surface area (Å²) in [4.78, 5) is 40.4. The fraction of sp³-hybridized carbons (Fsp3) is 0.500. The first-order valence-electron chi connectivity index (χ1n) is 11.4. The Morgan fingerprint density at radius 1 is 1.18 bits per heavy atom. The molecule has 0 aliphatic carbocycles. The Kier molecular flexibility index (Phi) is 5.50. The summed E-state index contributed by atoms with van der Waals surface area (Å²) in [6, 6.07) is 4.19. The van der Waals surface area contributed by atoms with E-state index in [1.54, 1.807) is 26.4 Å².